The average molecular weight is 280 g/mol. The van der Waals surface area contributed by atoms with Gasteiger partial charge in [0.25, 0.3) is 0 Å². The van der Waals surface area contributed by atoms with Crippen molar-refractivity contribution in [2.45, 2.75) is 69.9 Å². The van der Waals surface area contributed by atoms with Crippen LogP contribution in [-0.2, 0) is 5.41 Å². The van der Waals surface area contributed by atoms with E-state index in [2.05, 4.69) is 40.8 Å². The second-order valence-corrected chi connectivity index (χ2v) is 7.82. The zero-order chi connectivity index (χ0) is 13.5. The molecule has 1 spiro atoms. The third-order valence-corrected chi connectivity index (χ3v) is 5.01. The molecule has 2 fully saturated rings. The molecule has 106 valence electrons. The first-order valence-electron chi connectivity index (χ1n) is 7.33. The molecule has 2 heterocycles. The summed E-state index contributed by atoms with van der Waals surface area (Å²) in [5.74, 6) is 0.951. The van der Waals surface area contributed by atoms with Crippen LogP contribution in [0.5, 0.6) is 0 Å². The highest BCUT2D eigenvalue weighted by Crippen LogP contribution is 2.39. The van der Waals surface area contributed by atoms with Gasteiger partial charge in [0.05, 0.1) is 0 Å². The van der Waals surface area contributed by atoms with Crippen molar-refractivity contribution in [1.29, 1.82) is 0 Å². The maximum atomic E-state index is 4.64. The summed E-state index contributed by atoms with van der Waals surface area (Å²) >= 11 is 1.50. The summed E-state index contributed by atoms with van der Waals surface area (Å²) in [7, 11) is 0. The van der Waals surface area contributed by atoms with Gasteiger partial charge in [0.15, 0.2) is 0 Å². The molecule has 1 saturated heterocycles. The predicted octanol–water partition coefficient (Wildman–Crippen LogP) is 2.92. The largest absolute Gasteiger partial charge is 0.357 e. The first kappa shape index (κ1) is 13.3. The van der Waals surface area contributed by atoms with E-state index in [4.69, 9.17) is 0 Å². The van der Waals surface area contributed by atoms with E-state index >= 15 is 0 Å². The van der Waals surface area contributed by atoms with E-state index in [0.717, 1.165) is 17.5 Å². The number of nitrogens with one attached hydrogen (secondary N) is 2. The maximum absolute atomic E-state index is 4.64. The molecule has 0 bridgehead atoms. The quantitative estimate of drug-likeness (QED) is 0.874. The van der Waals surface area contributed by atoms with Crippen molar-refractivity contribution in [3.8, 4) is 0 Å². The molecule has 1 saturated carbocycles. The number of rotatable bonds is 2. The molecule has 1 unspecified atom stereocenters. The smallest absolute Gasteiger partial charge is 0.202 e. The third-order valence-electron chi connectivity index (χ3n) is 4.37. The average Bonchev–Trinajstić information content (AvgIpc) is 2.75. The SMILES string of the molecule is CC(C)(C)c1nsc(NC2CCNC3(CCC3)C2)n1. The van der Waals surface area contributed by atoms with Crippen LogP contribution in [0.25, 0.3) is 0 Å². The minimum absolute atomic E-state index is 0.0414. The third kappa shape index (κ3) is 2.77. The Bertz CT molecular complexity index is 445. The standard InChI is InChI=1S/C14H24N4S/c1-13(2,3)11-17-12(19-18-11)16-10-5-8-15-14(9-10)6-4-7-14/h10,15H,4-9H2,1-3H3,(H,16,17,18). The summed E-state index contributed by atoms with van der Waals surface area (Å²) in [6.45, 7) is 7.61. The van der Waals surface area contributed by atoms with Gasteiger partial charge in [0.2, 0.25) is 5.13 Å². The van der Waals surface area contributed by atoms with Gasteiger partial charge in [-0.1, -0.05) is 20.8 Å². The van der Waals surface area contributed by atoms with E-state index in [1.807, 2.05) is 0 Å². The van der Waals surface area contributed by atoms with E-state index in [9.17, 15) is 0 Å². The Morgan fingerprint density at radius 1 is 1.37 bits per heavy atom. The lowest BCUT2D eigenvalue weighted by atomic mass is 9.70. The van der Waals surface area contributed by atoms with Crippen molar-refractivity contribution in [3.63, 3.8) is 0 Å². The Labute approximate surface area is 119 Å². The van der Waals surface area contributed by atoms with Gasteiger partial charge in [0.1, 0.15) is 5.82 Å². The molecule has 0 amide bonds. The number of nitrogens with zero attached hydrogens (tertiary/aromatic N) is 2. The highest BCUT2D eigenvalue weighted by Gasteiger charge is 2.41. The van der Waals surface area contributed by atoms with E-state index in [1.54, 1.807) is 0 Å². The summed E-state index contributed by atoms with van der Waals surface area (Å²) in [6, 6.07) is 0.558. The molecule has 3 rings (SSSR count). The van der Waals surface area contributed by atoms with Gasteiger partial charge in [0, 0.05) is 28.5 Å². The van der Waals surface area contributed by atoms with Gasteiger partial charge in [-0.25, -0.2) is 4.98 Å². The van der Waals surface area contributed by atoms with Crippen LogP contribution in [0.2, 0.25) is 0 Å². The Balaban J connectivity index is 1.63. The lowest BCUT2D eigenvalue weighted by Gasteiger charge is -2.48. The Hall–Kier alpha value is -0.680. The summed E-state index contributed by atoms with van der Waals surface area (Å²) in [5, 5.41) is 8.30. The normalized spacial score (nSPS) is 26.2. The van der Waals surface area contributed by atoms with Crippen molar-refractivity contribution in [2.75, 3.05) is 11.9 Å². The highest BCUT2D eigenvalue weighted by atomic mass is 32.1. The lowest BCUT2D eigenvalue weighted by Crippen LogP contribution is -2.58. The Kier molecular flexibility index (Phi) is 3.29. The van der Waals surface area contributed by atoms with Gasteiger partial charge in [-0.3, -0.25) is 0 Å². The monoisotopic (exact) mass is 280 g/mol. The van der Waals surface area contributed by atoms with Crippen LogP contribution in [0.3, 0.4) is 0 Å². The summed E-state index contributed by atoms with van der Waals surface area (Å²) in [5.41, 5.74) is 0.479. The number of hydrogen-bond acceptors (Lipinski definition) is 5. The maximum Gasteiger partial charge on any atom is 0.202 e. The van der Waals surface area contributed by atoms with E-state index in [-0.39, 0.29) is 5.41 Å². The van der Waals surface area contributed by atoms with Crippen molar-refractivity contribution in [3.05, 3.63) is 5.82 Å². The molecule has 1 aromatic heterocycles. The molecule has 1 aliphatic heterocycles. The number of aromatic nitrogens is 2. The second-order valence-electron chi connectivity index (χ2n) is 7.07. The summed E-state index contributed by atoms with van der Waals surface area (Å²) in [4.78, 5) is 4.64. The second kappa shape index (κ2) is 4.70. The molecule has 19 heavy (non-hydrogen) atoms. The van der Waals surface area contributed by atoms with Gasteiger partial charge < -0.3 is 10.6 Å². The van der Waals surface area contributed by atoms with Crippen molar-refractivity contribution < 1.29 is 0 Å². The molecule has 1 aliphatic carbocycles. The van der Waals surface area contributed by atoms with Crippen LogP contribution in [0, 0.1) is 0 Å². The predicted molar refractivity (Wildman–Crippen MR) is 79.8 cm³/mol. The topological polar surface area (TPSA) is 49.8 Å². The summed E-state index contributed by atoms with van der Waals surface area (Å²) < 4.78 is 4.48. The number of hydrogen-bond donors (Lipinski definition) is 2. The van der Waals surface area contributed by atoms with Gasteiger partial charge in [-0.05, 0) is 38.6 Å². The van der Waals surface area contributed by atoms with Crippen LogP contribution in [0.15, 0.2) is 0 Å². The number of anilines is 1. The fraction of sp³-hybridized carbons (Fsp3) is 0.857. The fourth-order valence-electron chi connectivity index (χ4n) is 3.03. The Morgan fingerprint density at radius 3 is 2.74 bits per heavy atom. The first-order chi connectivity index (χ1) is 8.97. The molecular formula is C14H24N4S. The van der Waals surface area contributed by atoms with Crippen LogP contribution < -0.4 is 10.6 Å². The van der Waals surface area contributed by atoms with E-state index in [0.29, 0.717) is 11.6 Å². The van der Waals surface area contributed by atoms with Gasteiger partial charge in [-0.2, -0.15) is 4.37 Å². The van der Waals surface area contributed by atoms with Crippen LogP contribution in [-0.4, -0.2) is 27.5 Å². The van der Waals surface area contributed by atoms with Crippen LogP contribution in [0.4, 0.5) is 5.13 Å². The first-order valence-corrected chi connectivity index (χ1v) is 8.10. The molecule has 0 aromatic carbocycles. The van der Waals surface area contributed by atoms with E-state index in [1.165, 1.54) is 43.6 Å². The van der Waals surface area contributed by atoms with Crippen molar-refractivity contribution >= 4 is 16.7 Å². The molecule has 5 heteroatoms. The minimum atomic E-state index is 0.0414. The number of piperidine rings is 1. The molecule has 0 radical (unpaired) electrons. The molecule has 2 N–H and O–H groups in total. The van der Waals surface area contributed by atoms with Gasteiger partial charge in [-0.15, -0.1) is 0 Å². The highest BCUT2D eigenvalue weighted by molar-refractivity contribution is 7.09. The zero-order valence-corrected chi connectivity index (χ0v) is 12.9. The zero-order valence-electron chi connectivity index (χ0n) is 12.1. The molecule has 1 aromatic rings. The van der Waals surface area contributed by atoms with Crippen molar-refractivity contribution in [1.82, 2.24) is 14.7 Å². The summed E-state index contributed by atoms with van der Waals surface area (Å²) in [6.07, 6.45) is 6.49. The van der Waals surface area contributed by atoms with Crippen molar-refractivity contribution in [2.24, 2.45) is 0 Å². The Morgan fingerprint density at radius 2 is 2.16 bits per heavy atom. The fourth-order valence-corrected chi connectivity index (χ4v) is 3.86. The van der Waals surface area contributed by atoms with E-state index < -0.39 is 0 Å². The molecule has 2 aliphatic rings. The van der Waals surface area contributed by atoms with Crippen LogP contribution >= 0.6 is 11.5 Å². The molecule has 1 atom stereocenters. The molecular weight excluding hydrogens is 256 g/mol. The minimum Gasteiger partial charge on any atom is -0.357 e. The molecule has 4 nitrogen and oxygen atoms in total. The lowest BCUT2D eigenvalue weighted by molar-refractivity contribution is 0.135. The van der Waals surface area contributed by atoms with Crippen LogP contribution in [0.1, 0.15) is 58.7 Å². The van der Waals surface area contributed by atoms with Gasteiger partial charge >= 0.3 is 0 Å².